The van der Waals surface area contributed by atoms with Crippen LogP contribution in [0, 0.1) is 0 Å². The summed E-state index contributed by atoms with van der Waals surface area (Å²) in [7, 11) is 3.65. The predicted octanol–water partition coefficient (Wildman–Crippen LogP) is 0.941. The lowest BCUT2D eigenvalue weighted by Crippen LogP contribution is -2.36. The smallest absolute Gasteiger partial charge is 0.248 e. The molecule has 0 unspecified atom stereocenters. The summed E-state index contributed by atoms with van der Waals surface area (Å²) in [5.74, 6) is 1.10. The van der Waals surface area contributed by atoms with Gasteiger partial charge in [0.05, 0.1) is 5.69 Å². The Morgan fingerprint density at radius 2 is 2.16 bits per heavy atom. The number of hydrogen-bond donors (Lipinski definition) is 0. The number of fused-ring (bicyclic) bond motifs is 1. The monoisotopic (exact) mass is 343 g/mol. The molecule has 1 aliphatic heterocycles. The topological polar surface area (TPSA) is 63.5 Å². The lowest BCUT2D eigenvalue weighted by Gasteiger charge is -2.20. The number of hydrogen-bond acceptors (Lipinski definition) is 5. The van der Waals surface area contributed by atoms with E-state index in [0.29, 0.717) is 13.1 Å². The quantitative estimate of drug-likeness (QED) is 0.781. The van der Waals surface area contributed by atoms with E-state index >= 15 is 0 Å². The molecule has 0 saturated carbocycles. The van der Waals surface area contributed by atoms with Crippen LogP contribution in [0.2, 0.25) is 0 Å². The van der Waals surface area contributed by atoms with E-state index in [-0.39, 0.29) is 12.5 Å². The van der Waals surface area contributed by atoms with Gasteiger partial charge in [0.15, 0.2) is 0 Å². The molecule has 0 radical (unpaired) electrons. The van der Waals surface area contributed by atoms with Gasteiger partial charge < -0.3 is 14.2 Å². The minimum Gasteiger partial charge on any atom is -0.375 e. The fourth-order valence-corrected chi connectivity index (χ4v) is 3.22. The number of ether oxygens (including phenoxy) is 1. The molecule has 2 aromatic rings. The van der Waals surface area contributed by atoms with Crippen molar-refractivity contribution in [2.75, 3.05) is 33.9 Å². The van der Waals surface area contributed by atoms with E-state index in [1.807, 2.05) is 23.4 Å². The van der Waals surface area contributed by atoms with Crippen LogP contribution in [0.5, 0.6) is 0 Å². The predicted molar refractivity (Wildman–Crippen MR) is 93.8 cm³/mol. The van der Waals surface area contributed by atoms with Crippen molar-refractivity contribution in [1.82, 2.24) is 24.3 Å². The Bertz CT molecular complexity index is 701. The summed E-state index contributed by atoms with van der Waals surface area (Å²) in [5, 5.41) is 0. The van der Waals surface area contributed by atoms with Gasteiger partial charge in [0.25, 0.3) is 0 Å². The van der Waals surface area contributed by atoms with Crippen LogP contribution in [-0.2, 0) is 35.6 Å². The van der Waals surface area contributed by atoms with E-state index < -0.39 is 0 Å². The lowest BCUT2D eigenvalue weighted by molar-refractivity contribution is -0.135. The van der Waals surface area contributed by atoms with Gasteiger partial charge in [-0.25, -0.2) is 4.98 Å². The van der Waals surface area contributed by atoms with Gasteiger partial charge in [-0.1, -0.05) is 6.07 Å². The van der Waals surface area contributed by atoms with Crippen molar-refractivity contribution in [2.45, 2.75) is 26.1 Å². The third-order valence-corrected chi connectivity index (χ3v) is 4.45. The van der Waals surface area contributed by atoms with Crippen molar-refractivity contribution >= 4 is 5.91 Å². The average Bonchev–Trinajstić information content (AvgIpc) is 2.85. The van der Waals surface area contributed by atoms with Gasteiger partial charge in [-0.2, -0.15) is 0 Å². The molecule has 0 fully saturated rings. The molecule has 0 bridgehead atoms. The summed E-state index contributed by atoms with van der Waals surface area (Å²) in [5.41, 5.74) is 2.37. The zero-order valence-electron chi connectivity index (χ0n) is 14.9. The fraction of sp³-hybridized carbons (Fsp3) is 0.500. The third kappa shape index (κ3) is 4.43. The normalized spacial score (nSPS) is 14.4. The van der Waals surface area contributed by atoms with E-state index in [0.717, 1.165) is 31.9 Å². The van der Waals surface area contributed by atoms with E-state index in [1.165, 1.54) is 11.3 Å². The number of rotatable bonds is 6. The van der Waals surface area contributed by atoms with Crippen molar-refractivity contribution in [2.24, 2.45) is 0 Å². The summed E-state index contributed by atoms with van der Waals surface area (Å²) in [6, 6.07) is 4.04. The first kappa shape index (κ1) is 17.6. The lowest BCUT2D eigenvalue weighted by atomic mass is 10.2. The first-order valence-electron chi connectivity index (χ1n) is 8.55. The van der Waals surface area contributed by atoms with Crippen LogP contribution < -0.4 is 0 Å². The first-order valence-corrected chi connectivity index (χ1v) is 8.55. The van der Waals surface area contributed by atoms with Crippen molar-refractivity contribution in [3.8, 4) is 0 Å². The van der Waals surface area contributed by atoms with Gasteiger partial charge in [0.1, 0.15) is 12.4 Å². The summed E-state index contributed by atoms with van der Waals surface area (Å²) in [4.78, 5) is 24.9. The van der Waals surface area contributed by atoms with E-state index in [2.05, 4.69) is 32.5 Å². The average molecular weight is 343 g/mol. The second-order valence-corrected chi connectivity index (χ2v) is 6.41. The number of aromatic nitrogens is 3. The van der Waals surface area contributed by atoms with E-state index in [4.69, 9.17) is 4.74 Å². The Hall–Kier alpha value is -2.25. The van der Waals surface area contributed by atoms with Crippen LogP contribution in [0.4, 0.5) is 0 Å². The standard InChI is InChI=1S/C18H25N5O2/c1-21(12-15-4-3-6-19-10-15)13-16-11-20-17-5-7-22(8-9-23(16)17)18(24)14-25-2/h3-4,6,10-11H,5,7-9,12-14H2,1-2H3. The molecule has 0 aliphatic carbocycles. The van der Waals surface area contributed by atoms with Crippen LogP contribution >= 0.6 is 0 Å². The SMILES string of the molecule is COCC(=O)N1CCc2ncc(CN(C)Cc3cccnc3)n2CC1. The van der Waals surface area contributed by atoms with Crippen LogP contribution in [0.1, 0.15) is 17.1 Å². The minimum absolute atomic E-state index is 0.0449. The van der Waals surface area contributed by atoms with Gasteiger partial charge in [-0.15, -0.1) is 0 Å². The fourth-order valence-electron chi connectivity index (χ4n) is 3.22. The zero-order chi connectivity index (χ0) is 17.6. The van der Waals surface area contributed by atoms with Crippen LogP contribution in [-0.4, -0.2) is 64.1 Å². The molecule has 7 heteroatoms. The second kappa shape index (κ2) is 8.22. The highest BCUT2D eigenvalue weighted by Gasteiger charge is 2.21. The van der Waals surface area contributed by atoms with E-state index in [1.54, 1.807) is 13.3 Å². The summed E-state index contributed by atoms with van der Waals surface area (Å²) in [6.45, 7) is 3.97. The Morgan fingerprint density at radius 3 is 2.92 bits per heavy atom. The second-order valence-electron chi connectivity index (χ2n) is 6.41. The van der Waals surface area contributed by atoms with Crippen molar-refractivity contribution in [3.63, 3.8) is 0 Å². The highest BCUT2D eigenvalue weighted by molar-refractivity contribution is 5.77. The number of carbonyl (C=O) groups excluding carboxylic acids is 1. The number of imidazole rings is 1. The highest BCUT2D eigenvalue weighted by Crippen LogP contribution is 2.14. The van der Waals surface area contributed by atoms with Crippen molar-refractivity contribution in [1.29, 1.82) is 0 Å². The van der Waals surface area contributed by atoms with Crippen LogP contribution in [0.3, 0.4) is 0 Å². The molecule has 25 heavy (non-hydrogen) atoms. The van der Waals surface area contributed by atoms with E-state index in [9.17, 15) is 4.79 Å². The molecule has 1 aliphatic rings. The molecule has 0 atom stereocenters. The van der Waals surface area contributed by atoms with Crippen LogP contribution in [0.25, 0.3) is 0 Å². The summed E-state index contributed by atoms with van der Waals surface area (Å²) in [6.07, 6.45) is 6.42. The molecule has 0 aromatic carbocycles. The Balaban J connectivity index is 1.63. The molecular formula is C18H25N5O2. The molecule has 1 amide bonds. The third-order valence-electron chi connectivity index (χ3n) is 4.45. The number of nitrogens with zero attached hydrogens (tertiary/aromatic N) is 5. The van der Waals surface area contributed by atoms with Gasteiger partial charge in [-0.05, 0) is 18.7 Å². The number of methoxy groups -OCH3 is 1. The van der Waals surface area contributed by atoms with Gasteiger partial charge >= 0.3 is 0 Å². The number of amides is 1. The molecule has 0 N–H and O–H groups in total. The highest BCUT2D eigenvalue weighted by atomic mass is 16.5. The Labute approximate surface area is 148 Å². The summed E-state index contributed by atoms with van der Waals surface area (Å²) >= 11 is 0. The molecule has 7 nitrogen and oxygen atoms in total. The Morgan fingerprint density at radius 1 is 1.28 bits per heavy atom. The maximum absolute atomic E-state index is 12.0. The minimum atomic E-state index is 0.0449. The first-order chi connectivity index (χ1) is 12.2. The van der Waals surface area contributed by atoms with Crippen molar-refractivity contribution < 1.29 is 9.53 Å². The summed E-state index contributed by atoms with van der Waals surface area (Å²) < 4.78 is 7.21. The molecule has 0 saturated heterocycles. The molecule has 0 spiro atoms. The van der Waals surface area contributed by atoms with Crippen LogP contribution in [0.15, 0.2) is 30.7 Å². The maximum Gasteiger partial charge on any atom is 0.248 e. The zero-order valence-corrected chi connectivity index (χ0v) is 14.9. The molecule has 2 aromatic heterocycles. The van der Waals surface area contributed by atoms with Gasteiger partial charge in [0, 0.05) is 64.8 Å². The maximum atomic E-state index is 12.0. The van der Waals surface area contributed by atoms with Gasteiger partial charge in [0.2, 0.25) is 5.91 Å². The molecule has 3 heterocycles. The number of pyridine rings is 1. The Kier molecular flexibility index (Phi) is 5.78. The van der Waals surface area contributed by atoms with Crippen molar-refractivity contribution in [3.05, 3.63) is 47.8 Å². The molecule has 134 valence electrons. The van der Waals surface area contributed by atoms with Gasteiger partial charge in [-0.3, -0.25) is 14.7 Å². The largest absolute Gasteiger partial charge is 0.375 e. The molecular weight excluding hydrogens is 318 g/mol. The molecule has 3 rings (SSSR count). The number of carbonyl (C=O) groups is 1.